The molecular weight excluding hydrogens is 370 g/mol. The molecule has 2 aromatic rings. The standard InChI is InChI=1S/C15H18BrNS3/c1-2-17-13(7-12-6-11(16)9-19-12)15-5-10-8-18-4-3-14(10)20-15/h5-6,9,13,17H,2-4,7-8H2,1H3. The van der Waals surface area contributed by atoms with Gasteiger partial charge in [-0.2, -0.15) is 11.8 Å². The molecule has 1 N–H and O–H groups in total. The van der Waals surface area contributed by atoms with Crippen molar-refractivity contribution in [1.82, 2.24) is 5.32 Å². The van der Waals surface area contributed by atoms with Crippen LogP contribution >= 0.6 is 50.4 Å². The molecule has 0 aromatic carbocycles. The molecule has 0 saturated heterocycles. The van der Waals surface area contributed by atoms with Gasteiger partial charge in [-0.3, -0.25) is 0 Å². The van der Waals surface area contributed by atoms with E-state index in [-0.39, 0.29) is 0 Å². The lowest BCUT2D eigenvalue weighted by Crippen LogP contribution is -2.21. The number of halogens is 1. The van der Waals surface area contributed by atoms with Gasteiger partial charge in [0, 0.05) is 42.7 Å². The molecule has 2 aromatic heterocycles. The highest BCUT2D eigenvalue weighted by atomic mass is 79.9. The minimum absolute atomic E-state index is 0.464. The summed E-state index contributed by atoms with van der Waals surface area (Å²) in [7, 11) is 0. The molecule has 5 heteroatoms. The average Bonchev–Trinajstić information content (AvgIpc) is 3.04. The third kappa shape index (κ3) is 3.50. The monoisotopic (exact) mass is 387 g/mol. The summed E-state index contributed by atoms with van der Waals surface area (Å²) in [6, 6.07) is 5.16. The number of aryl methyl sites for hydroxylation is 1. The fourth-order valence-corrected chi connectivity index (χ4v) is 6.47. The molecule has 1 aliphatic rings. The zero-order chi connectivity index (χ0) is 13.9. The summed E-state index contributed by atoms with van der Waals surface area (Å²) in [6.07, 6.45) is 2.35. The third-order valence-corrected chi connectivity index (χ3v) is 7.55. The van der Waals surface area contributed by atoms with Crippen molar-refractivity contribution < 1.29 is 0 Å². The van der Waals surface area contributed by atoms with Crippen LogP contribution in [0.1, 0.15) is 33.2 Å². The molecule has 0 aliphatic carbocycles. The zero-order valence-electron chi connectivity index (χ0n) is 11.4. The van der Waals surface area contributed by atoms with Crippen LogP contribution in [0.25, 0.3) is 0 Å². The van der Waals surface area contributed by atoms with Crippen molar-refractivity contribution in [2.24, 2.45) is 0 Å². The van der Waals surface area contributed by atoms with Crippen molar-refractivity contribution >= 4 is 50.4 Å². The number of nitrogens with one attached hydrogen (secondary N) is 1. The molecule has 1 atom stereocenters. The van der Waals surface area contributed by atoms with Gasteiger partial charge in [-0.1, -0.05) is 6.92 Å². The second-order valence-corrected chi connectivity index (χ2v) is 9.13. The molecule has 0 bridgehead atoms. The van der Waals surface area contributed by atoms with Crippen LogP contribution in [0.4, 0.5) is 0 Å². The normalized spacial score (nSPS) is 16.1. The van der Waals surface area contributed by atoms with E-state index in [2.05, 4.69) is 57.4 Å². The van der Waals surface area contributed by atoms with Crippen molar-refractivity contribution in [2.75, 3.05) is 12.3 Å². The van der Waals surface area contributed by atoms with E-state index in [0.717, 1.165) is 13.0 Å². The molecule has 0 saturated carbocycles. The molecule has 3 heterocycles. The summed E-state index contributed by atoms with van der Waals surface area (Å²) in [5, 5.41) is 5.84. The molecule has 20 heavy (non-hydrogen) atoms. The Morgan fingerprint density at radius 1 is 1.40 bits per heavy atom. The first-order valence-electron chi connectivity index (χ1n) is 6.91. The van der Waals surface area contributed by atoms with Gasteiger partial charge in [0.05, 0.1) is 0 Å². The van der Waals surface area contributed by atoms with E-state index < -0.39 is 0 Å². The van der Waals surface area contributed by atoms with Crippen LogP contribution in [0.5, 0.6) is 0 Å². The van der Waals surface area contributed by atoms with Crippen LogP contribution in [0.2, 0.25) is 0 Å². The Morgan fingerprint density at radius 2 is 2.30 bits per heavy atom. The maximum atomic E-state index is 3.66. The van der Waals surface area contributed by atoms with Crippen LogP contribution in [0.3, 0.4) is 0 Å². The number of thiophene rings is 2. The Labute approximate surface area is 141 Å². The Kier molecular flexibility index (Phi) is 5.26. The molecule has 0 spiro atoms. The van der Waals surface area contributed by atoms with E-state index >= 15 is 0 Å². The number of fused-ring (bicyclic) bond motifs is 1. The predicted molar refractivity (Wildman–Crippen MR) is 96.3 cm³/mol. The minimum Gasteiger partial charge on any atom is -0.309 e. The summed E-state index contributed by atoms with van der Waals surface area (Å²) in [5.74, 6) is 2.49. The summed E-state index contributed by atoms with van der Waals surface area (Å²) >= 11 is 9.49. The highest BCUT2D eigenvalue weighted by Crippen LogP contribution is 2.36. The fraction of sp³-hybridized carbons (Fsp3) is 0.467. The SMILES string of the molecule is CCNC(Cc1cc(Br)cs1)c1cc2c(s1)CCSC2. The maximum Gasteiger partial charge on any atom is 0.0463 e. The van der Waals surface area contributed by atoms with E-state index in [1.165, 1.54) is 32.2 Å². The van der Waals surface area contributed by atoms with Crippen molar-refractivity contribution in [3.63, 3.8) is 0 Å². The van der Waals surface area contributed by atoms with Crippen LogP contribution in [-0.2, 0) is 18.6 Å². The summed E-state index contributed by atoms with van der Waals surface area (Å²) in [6.45, 7) is 3.22. The van der Waals surface area contributed by atoms with Crippen molar-refractivity contribution in [2.45, 2.75) is 31.6 Å². The highest BCUT2D eigenvalue weighted by molar-refractivity contribution is 9.10. The van der Waals surface area contributed by atoms with Crippen molar-refractivity contribution in [3.05, 3.63) is 42.2 Å². The zero-order valence-corrected chi connectivity index (χ0v) is 15.5. The summed E-state index contributed by atoms with van der Waals surface area (Å²) in [5.41, 5.74) is 1.58. The van der Waals surface area contributed by atoms with Gasteiger partial charge in [-0.15, -0.1) is 22.7 Å². The Bertz CT molecular complexity index is 552. The number of rotatable bonds is 5. The summed E-state index contributed by atoms with van der Waals surface area (Å²) < 4.78 is 1.20. The maximum absolute atomic E-state index is 3.66. The lowest BCUT2D eigenvalue weighted by molar-refractivity contribution is 0.561. The lowest BCUT2D eigenvalue weighted by atomic mass is 10.1. The van der Waals surface area contributed by atoms with Crippen LogP contribution in [0, 0.1) is 0 Å². The van der Waals surface area contributed by atoms with Gasteiger partial charge in [-0.25, -0.2) is 0 Å². The van der Waals surface area contributed by atoms with Gasteiger partial charge in [0.15, 0.2) is 0 Å². The lowest BCUT2D eigenvalue weighted by Gasteiger charge is -2.15. The fourth-order valence-electron chi connectivity index (χ4n) is 2.52. The number of thioether (sulfide) groups is 1. The van der Waals surface area contributed by atoms with Gasteiger partial charge in [0.1, 0.15) is 0 Å². The van der Waals surface area contributed by atoms with E-state index in [9.17, 15) is 0 Å². The first-order chi connectivity index (χ1) is 9.76. The van der Waals surface area contributed by atoms with Gasteiger partial charge >= 0.3 is 0 Å². The predicted octanol–water partition coefficient (Wildman–Crippen LogP) is 5.25. The van der Waals surface area contributed by atoms with Gasteiger partial charge in [0.25, 0.3) is 0 Å². The smallest absolute Gasteiger partial charge is 0.0463 e. The van der Waals surface area contributed by atoms with Crippen LogP contribution in [-0.4, -0.2) is 12.3 Å². The second kappa shape index (κ2) is 6.97. The molecule has 0 fully saturated rings. The molecule has 108 valence electrons. The average molecular weight is 388 g/mol. The van der Waals surface area contributed by atoms with Gasteiger partial charge < -0.3 is 5.32 Å². The van der Waals surface area contributed by atoms with Crippen molar-refractivity contribution in [3.8, 4) is 0 Å². The number of hydrogen-bond donors (Lipinski definition) is 1. The molecule has 1 unspecified atom stereocenters. The van der Waals surface area contributed by atoms with Crippen LogP contribution < -0.4 is 5.32 Å². The van der Waals surface area contributed by atoms with E-state index in [1.807, 2.05) is 22.7 Å². The van der Waals surface area contributed by atoms with Gasteiger partial charge in [-0.05, 0) is 52.3 Å². The van der Waals surface area contributed by atoms with E-state index in [4.69, 9.17) is 0 Å². The first-order valence-corrected chi connectivity index (χ1v) is 10.6. The van der Waals surface area contributed by atoms with Crippen molar-refractivity contribution in [1.29, 1.82) is 0 Å². The Hall–Kier alpha value is 0.190. The molecule has 3 rings (SSSR count). The molecule has 0 amide bonds. The largest absolute Gasteiger partial charge is 0.309 e. The molecule has 1 aliphatic heterocycles. The first kappa shape index (κ1) is 15.1. The second-order valence-electron chi connectivity index (χ2n) is 4.95. The quantitative estimate of drug-likeness (QED) is 0.750. The topological polar surface area (TPSA) is 12.0 Å². The molecule has 0 radical (unpaired) electrons. The van der Waals surface area contributed by atoms with E-state index in [1.54, 1.807) is 10.4 Å². The van der Waals surface area contributed by atoms with E-state index in [0.29, 0.717) is 6.04 Å². The number of likely N-dealkylation sites (N-methyl/N-ethyl adjacent to an activating group) is 1. The molecular formula is C15H18BrNS3. The third-order valence-electron chi connectivity index (χ3n) is 3.47. The van der Waals surface area contributed by atoms with Gasteiger partial charge in [0.2, 0.25) is 0 Å². The van der Waals surface area contributed by atoms with Crippen LogP contribution in [0.15, 0.2) is 22.0 Å². The number of hydrogen-bond acceptors (Lipinski definition) is 4. The molecule has 1 nitrogen and oxygen atoms in total. The Morgan fingerprint density at radius 3 is 3.00 bits per heavy atom. The Balaban J connectivity index is 1.80. The highest BCUT2D eigenvalue weighted by Gasteiger charge is 2.19. The summed E-state index contributed by atoms with van der Waals surface area (Å²) in [4.78, 5) is 4.58. The minimum atomic E-state index is 0.464.